The number of methoxy groups -OCH3 is 1. The maximum Gasteiger partial charge on any atom is 0.237 e. The fourth-order valence-electron chi connectivity index (χ4n) is 4.33. The monoisotopic (exact) mass is 405 g/mol. The Morgan fingerprint density at radius 1 is 0.897 bits per heavy atom. The zero-order valence-corrected chi connectivity index (χ0v) is 17.7. The number of fused-ring (bicyclic) bond motifs is 1. The van der Waals surface area contributed by atoms with Crippen LogP contribution in [-0.2, 0) is 14.8 Å². The molecule has 0 aromatic heterocycles. The molecule has 4 rings (SSSR count). The Morgan fingerprint density at radius 3 is 1.97 bits per heavy atom. The highest BCUT2D eigenvalue weighted by molar-refractivity contribution is 7.78. The van der Waals surface area contributed by atoms with Gasteiger partial charge in [0.25, 0.3) is 0 Å². The van der Waals surface area contributed by atoms with Crippen LogP contribution in [0.25, 0.3) is 0 Å². The number of likely N-dealkylation sites (N-methyl/N-ethyl adjacent to an activating group) is 1. The third-order valence-electron chi connectivity index (χ3n) is 5.81. The summed E-state index contributed by atoms with van der Waals surface area (Å²) in [5.41, 5.74) is 0.700. The molecule has 1 aliphatic heterocycles. The van der Waals surface area contributed by atoms with Crippen molar-refractivity contribution in [3.8, 4) is 5.75 Å². The van der Waals surface area contributed by atoms with Gasteiger partial charge in [0.2, 0.25) is 5.91 Å². The molecule has 0 fully saturated rings. The van der Waals surface area contributed by atoms with Gasteiger partial charge in [-0.15, -0.1) is 0 Å². The predicted molar refractivity (Wildman–Crippen MR) is 118 cm³/mol. The Labute approximate surface area is 171 Å². The first kappa shape index (κ1) is 19.5. The van der Waals surface area contributed by atoms with Crippen LogP contribution >= 0.6 is 7.14 Å². The Bertz CT molecular complexity index is 1050. The third-order valence-corrected chi connectivity index (χ3v) is 9.15. The number of ether oxygens (including phenoxy) is 1. The van der Waals surface area contributed by atoms with Gasteiger partial charge in [0.05, 0.1) is 18.2 Å². The first-order chi connectivity index (χ1) is 13.9. The molecule has 0 aliphatic carbocycles. The van der Waals surface area contributed by atoms with Gasteiger partial charge in [-0.3, -0.25) is 4.79 Å². The van der Waals surface area contributed by atoms with Gasteiger partial charge < -0.3 is 14.2 Å². The third kappa shape index (κ3) is 2.99. The largest absolute Gasteiger partial charge is 0.495 e. The molecular formula is C24H24NO3P. The van der Waals surface area contributed by atoms with E-state index in [1.54, 1.807) is 19.1 Å². The van der Waals surface area contributed by atoms with Crippen molar-refractivity contribution in [1.29, 1.82) is 0 Å². The molecule has 29 heavy (non-hydrogen) atoms. The molecule has 1 amide bonds. The average molecular weight is 405 g/mol. The topological polar surface area (TPSA) is 46.6 Å². The molecule has 0 spiro atoms. The van der Waals surface area contributed by atoms with Crippen molar-refractivity contribution >= 4 is 29.3 Å². The van der Waals surface area contributed by atoms with Gasteiger partial charge in [-0.25, -0.2) is 0 Å². The summed E-state index contributed by atoms with van der Waals surface area (Å²) in [5.74, 6) is 0.584. The minimum absolute atomic E-state index is 0.0657. The van der Waals surface area contributed by atoms with Crippen molar-refractivity contribution in [2.45, 2.75) is 12.3 Å². The van der Waals surface area contributed by atoms with Crippen LogP contribution < -0.4 is 20.2 Å². The zero-order valence-electron chi connectivity index (χ0n) is 16.8. The second-order valence-electron chi connectivity index (χ2n) is 7.62. The predicted octanol–water partition coefficient (Wildman–Crippen LogP) is 3.94. The lowest BCUT2D eigenvalue weighted by atomic mass is 9.86. The number of anilines is 1. The highest BCUT2D eigenvalue weighted by Gasteiger charge is 2.51. The lowest BCUT2D eigenvalue weighted by Crippen LogP contribution is -2.41. The van der Waals surface area contributed by atoms with E-state index in [1.165, 1.54) is 0 Å². The molecule has 0 N–H and O–H groups in total. The molecule has 1 unspecified atom stereocenters. The van der Waals surface area contributed by atoms with Crippen LogP contribution in [0.1, 0.15) is 12.5 Å². The summed E-state index contributed by atoms with van der Waals surface area (Å²) in [4.78, 5) is 15.1. The summed E-state index contributed by atoms with van der Waals surface area (Å²) in [7, 11) is 0.284. The molecule has 3 aromatic carbocycles. The standard InChI is InChI=1S/C24H24NO3P/c1-24(20-15-10-16-21(28-3)22(20)25(2)23(24)26)17-29(27,18-11-6-4-7-12-18)19-13-8-5-9-14-19/h4-16H,17H2,1-3H3. The molecule has 1 atom stereocenters. The van der Waals surface area contributed by atoms with E-state index < -0.39 is 12.6 Å². The van der Waals surface area contributed by atoms with Gasteiger partial charge in [-0.05, 0) is 18.6 Å². The summed E-state index contributed by atoms with van der Waals surface area (Å²) in [6.07, 6.45) is 0.220. The number of benzene rings is 3. The summed E-state index contributed by atoms with van der Waals surface area (Å²) >= 11 is 0. The summed E-state index contributed by atoms with van der Waals surface area (Å²) < 4.78 is 20.1. The number of carbonyl (C=O) groups excluding carboxylic acids is 1. The SMILES string of the molecule is COc1cccc2c1N(C)C(=O)C2(C)CP(=O)(c1ccccc1)c1ccccc1. The van der Waals surface area contributed by atoms with E-state index in [-0.39, 0.29) is 12.1 Å². The van der Waals surface area contributed by atoms with E-state index in [0.29, 0.717) is 5.75 Å². The van der Waals surface area contributed by atoms with E-state index in [4.69, 9.17) is 4.74 Å². The van der Waals surface area contributed by atoms with Crippen LogP contribution in [0.2, 0.25) is 0 Å². The molecule has 0 saturated carbocycles. The van der Waals surface area contributed by atoms with Gasteiger partial charge in [-0.1, -0.05) is 72.8 Å². The summed E-state index contributed by atoms with van der Waals surface area (Å²) in [6.45, 7) is 1.90. The summed E-state index contributed by atoms with van der Waals surface area (Å²) in [5, 5.41) is 1.53. The first-order valence-electron chi connectivity index (χ1n) is 9.58. The average Bonchev–Trinajstić information content (AvgIpc) is 2.96. The molecule has 5 heteroatoms. The normalized spacial score (nSPS) is 18.6. The van der Waals surface area contributed by atoms with E-state index in [1.807, 2.05) is 85.8 Å². The first-order valence-corrected chi connectivity index (χ1v) is 11.5. The number of hydrogen-bond acceptors (Lipinski definition) is 3. The molecule has 1 heterocycles. The summed E-state index contributed by atoms with van der Waals surface area (Å²) in [6, 6.07) is 24.7. The number of hydrogen-bond donors (Lipinski definition) is 0. The second kappa shape index (κ2) is 7.20. The molecule has 3 aromatic rings. The quantitative estimate of drug-likeness (QED) is 0.604. The maximum atomic E-state index is 14.6. The van der Waals surface area contributed by atoms with Crippen molar-refractivity contribution in [2.24, 2.45) is 0 Å². The molecule has 1 aliphatic rings. The van der Waals surface area contributed by atoms with E-state index in [0.717, 1.165) is 21.9 Å². The smallest absolute Gasteiger partial charge is 0.237 e. The number of carbonyl (C=O) groups is 1. The van der Waals surface area contributed by atoms with Crippen LogP contribution in [0, 0.1) is 0 Å². The van der Waals surface area contributed by atoms with Crippen LogP contribution in [0.3, 0.4) is 0 Å². The fourth-order valence-corrected chi connectivity index (χ4v) is 7.50. The number of amides is 1. The molecule has 0 bridgehead atoms. The second-order valence-corrected chi connectivity index (χ2v) is 10.5. The van der Waals surface area contributed by atoms with Crippen molar-refractivity contribution in [2.75, 3.05) is 25.2 Å². The maximum absolute atomic E-state index is 14.6. The van der Waals surface area contributed by atoms with E-state index >= 15 is 0 Å². The molecule has 4 nitrogen and oxygen atoms in total. The van der Waals surface area contributed by atoms with Gasteiger partial charge >= 0.3 is 0 Å². The Morgan fingerprint density at radius 2 is 1.45 bits per heavy atom. The Kier molecular flexibility index (Phi) is 4.84. The van der Waals surface area contributed by atoms with Crippen LogP contribution in [0.5, 0.6) is 5.75 Å². The van der Waals surface area contributed by atoms with Crippen molar-refractivity contribution in [3.63, 3.8) is 0 Å². The van der Waals surface area contributed by atoms with Crippen LogP contribution in [-0.4, -0.2) is 26.2 Å². The Balaban J connectivity index is 1.90. The van der Waals surface area contributed by atoms with Gasteiger partial charge in [0, 0.05) is 23.8 Å². The van der Waals surface area contributed by atoms with Gasteiger partial charge in [0.15, 0.2) is 0 Å². The van der Waals surface area contributed by atoms with Crippen LogP contribution in [0.15, 0.2) is 78.9 Å². The number of nitrogens with zero attached hydrogens (tertiary/aromatic N) is 1. The van der Waals surface area contributed by atoms with Crippen molar-refractivity contribution in [1.82, 2.24) is 0 Å². The highest BCUT2D eigenvalue weighted by atomic mass is 31.2. The Hall–Kier alpha value is -2.84. The highest BCUT2D eigenvalue weighted by Crippen LogP contribution is 2.55. The molecule has 0 radical (unpaired) electrons. The van der Waals surface area contributed by atoms with Crippen molar-refractivity contribution < 1.29 is 14.1 Å². The van der Waals surface area contributed by atoms with Gasteiger partial charge in [0.1, 0.15) is 12.9 Å². The lowest BCUT2D eigenvalue weighted by Gasteiger charge is -2.29. The molecular weight excluding hydrogens is 381 g/mol. The fraction of sp³-hybridized carbons (Fsp3) is 0.208. The number of para-hydroxylation sites is 1. The minimum Gasteiger partial charge on any atom is -0.495 e. The van der Waals surface area contributed by atoms with Crippen LogP contribution in [0.4, 0.5) is 5.69 Å². The van der Waals surface area contributed by atoms with E-state index in [2.05, 4.69) is 0 Å². The van der Waals surface area contributed by atoms with E-state index in [9.17, 15) is 9.36 Å². The lowest BCUT2D eigenvalue weighted by molar-refractivity contribution is -0.121. The number of rotatable bonds is 5. The van der Waals surface area contributed by atoms with Gasteiger partial charge in [-0.2, -0.15) is 0 Å². The minimum atomic E-state index is -3.07. The van der Waals surface area contributed by atoms with Crippen molar-refractivity contribution in [3.05, 3.63) is 84.4 Å². The zero-order chi connectivity index (χ0) is 20.6. The molecule has 148 valence electrons. The molecule has 0 saturated heterocycles.